The Hall–Kier alpha value is -2.12. The van der Waals surface area contributed by atoms with Gasteiger partial charge in [0.1, 0.15) is 6.04 Å². The maximum Gasteiger partial charge on any atom is 0.126 e. The Balaban J connectivity index is 2.31. The zero-order valence-electron chi connectivity index (χ0n) is 9.91. The molecule has 2 rings (SSSR count). The molecule has 0 saturated carbocycles. The highest BCUT2D eigenvalue weighted by Crippen LogP contribution is 2.17. The van der Waals surface area contributed by atoms with Crippen molar-refractivity contribution in [2.24, 2.45) is 0 Å². The van der Waals surface area contributed by atoms with E-state index < -0.39 is 0 Å². The average Bonchev–Trinajstić information content (AvgIpc) is 2.80. The summed E-state index contributed by atoms with van der Waals surface area (Å²) >= 11 is 0. The van der Waals surface area contributed by atoms with Crippen LogP contribution in [0.5, 0.6) is 0 Å². The fourth-order valence-electron chi connectivity index (χ4n) is 1.69. The third-order valence-corrected chi connectivity index (χ3v) is 2.58. The summed E-state index contributed by atoms with van der Waals surface area (Å²) in [5, 5.41) is 13.4. The van der Waals surface area contributed by atoms with Gasteiger partial charge in [-0.25, -0.2) is 4.68 Å². The van der Waals surface area contributed by atoms with Gasteiger partial charge in [-0.1, -0.05) is 18.2 Å². The van der Waals surface area contributed by atoms with Crippen LogP contribution in [0.4, 0.5) is 0 Å². The highest BCUT2D eigenvalue weighted by atomic mass is 15.3. The zero-order chi connectivity index (χ0) is 12.3. The molecule has 0 N–H and O–H groups in total. The molecule has 1 atom stereocenters. The predicted octanol–water partition coefficient (Wildman–Crippen LogP) is 2.00. The van der Waals surface area contributed by atoms with E-state index in [4.69, 9.17) is 5.26 Å². The Labute approximate surface area is 101 Å². The standard InChI is InChI=1S/C13H14N4/c1-16(2)13(8-14)11-9-15-17(10-11)12-6-4-3-5-7-12/h3-7,9-10,13H,1-2H3. The van der Waals surface area contributed by atoms with Gasteiger partial charge in [0.2, 0.25) is 0 Å². The second-order valence-electron chi connectivity index (χ2n) is 4.05. The molecule has 0 saturated heterocycles. The Morgan fingerprint density at radius 3 is 2.59 bits per heavy atom. The normalized spacial score (nSPS) is 12.4. The number of nitriles is 1. The molecule has 1 unspecified atom stereocenters. The molecule has 1 aromatic heterocycles. The number of para-hydroxylation sites is 1. The van der Waals surface area contributed by atoms with Crippen molar-refractivity contribution in [2.45, 2.75) is 6.04 Å². The van der Waals surface area contributed by atoms with Crippen LogP contribution in [-0.4, -0.2) is 28.8 Å². The monoisotopic (exact) mass is 226 g/mol. The Morgan fingerprint density at radius 1 is 1.29 bits per heavy atom. The molecule has 0 aliphatic rings. The molecule has 0 spiro atoms. The average molecular weight is 226 g/mol. The highest BCUT2D eigenvalue weighted by Gasteiger charge is 2.15. The summed E-state index contributed by atoms with van der Waals surface area (Å²) in [5.74, 6) is 0. The molecule has 1 aromatic carbocycles. The van der Waals surface area contributed by atoms with E-state index in [-0.39, 0.29) is 6.04 Å². The van der Waals surface area contributed by atoms with Crippen LogP contribution in [0.1, 0.15) is 11.6 Å². The number of nitrogens with zero attached hydrogens (tertiary/aromatic N) is 4. The van der Waals surface area contributed by atoms with Crippen molar-refractivity contribution in [3.63, 3.8) is 0 Å². The molecular weight excluding hydrogens is 212 g/mol. The third-order valence-electron chi connectivity index (χ3n) is 2.58. The van der Waals surface area contributed by atoms with E-state index in [1.54, 1.807) is 10.9 Å². The topological polar surface area (TPSA) is 44.9 Å². The summed E-state index contributed by atoms with van der Waals surface area (Å²) in [5.41, 5.74) is 1.90. The first kappa shape index (κ1) is 11.4. The molecule has 0 bridgehead atoms. The fraction of sp³-hybridized carbons (Fsp3) is 0.231. The van der Waals surface area contributed by atoms with Crippen molar-refractivity contribution in [3.8, 4) is 11.8 Å². The molecule has 0 aliphatic carbocycles. The lowest BCUT2D eigenvalue weighted by atomic mass is 10.2. The summed E-state index contributed by atoms with van der Waals surface area (Å²) in [7, 11) is 3.77. The second kappa shape index (κ2) is 4.81. The van der Waals surface area contributed by atoms with Crippen molar-refractivity contribution >= 4 is 0 Å². The number of aromatic nitrogens is 2. The van der Waals surface area contributed by atoms with Crippen molar-refractivity contribution in [3.05, 3.63) is 48.3 Å². The summed E-state index contributed by atoms with van der Waals surface area (Å²) in [6, 6.07) is 11.8. The lowest BCUT2D eigenvalue weighted by Crippen LogP contribution is -2.17. The molecule has 1 heterocycles. The van der Waals surface area contributed by atoms with Gasteiger partial charge >= 0.3 is 0 Å². The van der Waals surface area contributed by atoms with Gasteiger partial charge < -0.3 is 0 Å². The Kier molecular flexibility index (Phi) is 3.22. The molecule has 0 fully saturated rings. The van der Waals surface area contributed by atoms with Crippen LogP contribution in [0.25, 0.3) is 5.69 Å². The number of rotatable bonds is 3. The Bertz CT molecular complexity index is 522. The molecule has 4 heteroatoms. The van der Waals surface area contributed by atoms with Crippen molar-refractivity contribution < 1.29 is 0 Å². The Morgan fingerprint density at radius 2 is 2.00 bits per heavy atom. The SMILES string of the molecule is CN(C)C(C#N)c1cnn(-c2ccccc2)c1. The van der Waals surface area contributed by atoms with E-state index in [1.165, 1.54) is 0 Å². The van der Waals surface area contributed by atoms with E-state index in [0.717, 1.165) is 11.3 Å². The van der Waals surface area contributed by atoms with E-state index in [2.05, 4.69) is 11.2 Å². The molecule has 17 heavy (non-hydrogen) atoms. The second-order valence-corrected chi connectivity index (χ2v) is 4.05. The number of hydrogen-bond acceptors (Lipinski definition) is 3. The van der Waals surface area contributed by atoms with E-state index in [1.807, 2.05) is 55.5 Å². The van der Waals surface area contributed by atoms with Crippen LogP contribution >= 0.6 is 0 Å². The first-order valence-electron chi connectivity index (χ1n) is 5.38. The lowest BCUT2D eigenvalue weighted by Gasteiger charge is -2.14. The van der Waals surface area contributed by atoms with Crippen LogP contribution in [0.15, 0.2) is 42.7 Å². The van der Waals surface area contributed by atoms with Crippen LogP contribution in [0.2, 0.25) is 0 Å². The number of hydrogen-bond donors (Lipinski definition) is 0. The molecule has 4 nitrogen and oxygen atoms in total. The van der Waals surface area contributed by atoms with Gasteiger partial charge in [0.05, 0.1) is 18.0 Å². The minimum Gasteiger partial charge on any atom is -0.290 e. The minimum atomic E-state index is -0.257. The van der Waals surface area contributed by atoms with Gasteiger partial charge in [0.25, 0.3) is 0 Å². The largest absolute Gasteiger partial charge is 0.290 e. The molecule has 0 radical (unpaired) electrons. The van der Waals surface area contributed by atoms with Gasteiger partial charge in [-0.3, -0.25) is 4.90 Å². The summed E-state index contributed by atoms with van der Waals surface area (Å²) in [6.45, 7) is 0. The van der Waals surface area contributed by atoms with Crippen LogP contribution in [0.3, 0.4) is 0 Å². The quantitative estimate of drug-likeness (QED) is 0.804. The van der Waals surface area contributed by atoms with Crippen molar-refractivity contribution in [1.29, 1.82) is 5.26 Å². The lowest BCUT2D eigenvalue weighted by molar-refractivity contribution is 0.358. The first-order valence-corrected chi connectivity index (χ1v) is 5.38. The number of benzene rings is 1. The molecular formula is C13H14N4. The molecule has 2 aromatic rings. The van der Waals surface area contributed by atoms with Gasteiger partial charge in [-0.05, 0) is 26.2 Å². The molecule has 0 amide bonds. The molecule has 0 aliphatic heterocycles. The molecule has 86 valence electrons. The van der Waals surface area contributed by atoms with Crippen molar-refractivity contribution in [2.75, 3.05) is 14.1 Å². The zero-order valence-corrected chi connectivity index (χ0v) is 9.91. The van der Waals surface area contributed by atoms with Crippen LogP contribution < -0.4 is 0 Å². The smallest absolute Gasteiger partial charge is 0.126 e. The predicted molar refractivity (Wildman–Crippen MR) is 65.6 cm³/mol. The maximum absolute atomic E-state index is 9.10. The van der Waals surface area contributed by atoms with E-state index >= 15 is 0 Å². The van der Waals surface area contributed by atoms with Gasteiger partial charge in [0, 0.05) is 11.8 Å². The van der Waals surface area contributed by atoms with Crippen LogP contribution in [0, 0.1) is 11.3 Å². The summed E-state index contributed by atoms with van der Waals surface area (Å²) in [6.07, 6.45) is 3.63. The minimum absolute atomic E-state index is 0.257. The first-order chi connectivity index (χ1) is 8.22. The van der Waals surface area contributed by atoms with Crippen LogP contribution in [-0.2, 0) is 0 Å². The van der Waals surface area contributed by atoms with E-state index in [9.17, 15) is 0 Å². The third kappa shape index (κ3) is 2.35. The van der Waals surface area contributed by atoms with Crippen molar-refractivity contribution in [1.82, 2.24) is 14.7 Å². The van der Waals surface area contributed by atoms with Gasteiger partial charge in [-0.2, -0.15) is 10.4 Å². The summed E-state index contributed by atoms with van der Waals surface area (Å²) < 4.78 is 1.78. The van der Waals surface area contributed by atoms with Gasteiger partial charge in [0.15, 0.2) is 0 Å². The highest BCUT2D eigenvalue weighted by molar-refractivity contribution is 5.32. The summed E-state index contributed by atoms with van der Waals surface area (Å²) in [4.78, 5) is 1.87. The van der Waals surface area contributed by atoms with Gasteiger partial charge in [-0.15, -0.1) is 0 Å². The maximum atomic E-state index is 9.10. The fourth-order valence-corrected chi connectivity index (χ4v) is 1.69. The van der Waals surface area contributed by atoms with E-state index in [0.29, 0.717) is 0 Å².